The fraction of sp³-hybridized carbons (Fsp3) is 0.556. The van der Waals surface area contributed by atoms with Crippen LogP contribution in [-0.2, 0) is 9.59 Å². The highest BCUT2D eigenvalue weighted by molar-refractivity contribution is 5.90. The molecule has 2 aliphatic heterocycles. The average Bonchev–Trinajstić information content (AvgIpc) is 3.26. The largest absolute Gasteiger partial charge is 0.348 e. The first kappa shape index (κ1) is 18.7. The second kappa shape index (κ2) is 8.49. The molecule has 132 valence electrons. The summed E-state index contributed by atoms with van der Waals surface area (Å²) in [7, 11) is 0. The predicted octanol–water partition coefficient (Wildman–Crippen LogP) is 2.03. The van der Waals surface area contributed by atoms with Crippen LogP contribution in [0, 0.1) is 0 Å². The van der Waals surface area contributed by atoms with Gasteiger partial charge in [-0.05, 0) is 44.7 Å². The van der Waals surface area contributed by atoms with Crippen LogP contribution in [0.3, 0.4) is 0 Å². The summed E-state index contributed by atoms with van der Waals surface area (Å²) in [6.07, 6.45) is 3.57. The molecule has 3 atom stereocenters. The molecule has 2 amide bonds. The van der Waals surface area contributed by atoms with E-state index in [1.807, 2.05) is 37.3 Å². The normalized spacial score (nSPS) is 24.3. The summed E-state index contributed by atoms with van der Waals surface area (Å²) in [5.41, 5.74) is 1.08. The number of halogens is 1. The lowest BCUT2D eigenvalue weighted by Crippen LogP contribution is -2.51. The summed E-state index contributed by atoms with van der Waals surface area (Å²) >= 11 is 0. The van der Waals surface area contributed by atoms with Crippen LogP contribution < -0.4 is 10.6 Å². The smallest absolute Gasteiger partial charge is 0.243 e. The average molecular weight is 352 g/mol. The second-order valence-electron chi connectivity index (χ2n) is 6.48. The molecule has 2 fully saturated rings. The molecule has 24 heavy (non-hydrogen) atoms. The van der Waals surface area contributed by atoms with E-state index in [-0.39, 0.29) is 42.3 Å². The maximum absolute atomic E-state index is 12.6. The van der Waals surface area contributed by atoms with Gasteiger partial charge in [0.25, 0.3) is 0 Å². The summed E-state index contributed by atoms with van der Waals surface area (Å²) in [4.78, 5) is 27.0. The van der Waals surface area contributed by atoms with Gasteiger partial charge >= 0.3 is 0 Å². The Morgan fingerprint density at radius 3 is 2.62 bits per heavy atom. The van der Waals surface area contributed by atoms with Crippen molar-refractivity contribution in [1.29, 1.82) is 0 Å². The van der Waals surface area contributed by atoms with Gasteiger partial charge in [0.15, 0.2) is 0 Å². The van der Waals surface area contributed by atoms with Crippen molar-refractivity contribution in [3.05, 3.63) is 35.9 Å². The minimum atomic E-state index is -0.323. The van der Waals surface area contributed by atoms with Crippen molar-refractivity contribution < 1.29 is 9.59 Å². The number of benzene rings is 1. The van der Waals surface area contributed by atoms with Crippen molar-refractivity contribution in [2.75, 3.05) is 13.1 Å². The molecule has 2 aliphatic rings. The Bertz CT molecular complexity index is 561. The molecule has 2 N–H and O–H groups in total. The van der Waals surface area contributed by atoms with Gasteiger partial charge in [0.2, 0.25) is 11.8 Å². The van der Waals surface area contributed by atoms with Crippen LogP contribution in [0.5, 0.6) is 0 Å². The number of carbonyl (C=O) groups is 2. The van der Waals surface area contributed by atoms with Crippen LogP contribution >= 0.6 is 12.4 Å². The fourth-order valence-corrected chi connectivity index (χ4v) is 3.53. The van der Waals surface area contributed by atoms with Crippen LogP contribution in [-0.4, -0.2) is 41.9 Å². The van der Waals surface area contributed by atoms with Crippen LogP contribution in [0.2, 0.25) is 0 Å². The Morgan fingerprint density at radius 1 is 1.21 bits per heavy atom. The Labute approximate surface area is 149 Å². The van der Waals surface area contributed by atoms with E-state index >= 15 is 0 Å². The standard InChI is InChI=1S/C18H25N3O2.ClH/c1-13(14-7-3-2-4-8-14)20-17(22)16-10-6-12-21(16)18(23)15-9-5-11-19-15;/h2-4,7-8,13,15-16,19H,5-6,9-12H2,1H3,(H,20,22);1H/t13-,15-,16-;/m0./s1. The van der Waals surface area contributed by atoms with Crippen molar-refractivity contribution >= 4 is 24.2 Å². The number of likely N-dealkylation sites (tertiary alicyclic amines) is 1. The number of hydrogen-bond acceptors (Lipinski definition) is 3. The van der Waals surface area contributed by atoms with E-state index in [0.717, 1.165) is 37.8 Å². The molecule has 2 heterocycles. The number of nitrogens with zero attached hydrogens (tertiary/aromatic N) is 1. The molecular weight excluding hydrogens is 326 g/mol. The van der Waals surface area contributed by atoms with E-state index < -0.39 is 0 Å². The minimum Gasteiger partial charge on any atom is -0.348 e. The lowest BCUT2D eigenvalue weighted by Gasteiger charge is -2.28. The van der Waals surface area contributed by atoms with E-state index in [9.17, 15) is 9.59 Å². The summed E-state index contributed by atoms with van der Waals surface area (Å²) in [6, 6.07) is 9.43. The summed E-state index contributed by atoms with van der Waals surface area (Å²) in [5, 5.41) is 6.30. The Balaban J connectivity index is 0.00000208. The summed E-state index contributed by atoms with van der Waals surface area (Å²) in [5.74, 6) is 0.0534. The van der Waals surface area contributed by atoms with Crippen molar-refractivity contribution in [2.24, 2.45) is 0 Å². The zero-order chi connectivity index (χ0) is 16.2. The highest BCUT2D eigenvalue weighted by Crippen LogP contribution is 2.22. The van der Waals surface area contributed by atoms with E-state index in [0.29, 0.717) is 6.54 Å². The molecule has 2 saturated heterocycles. The van der Waals surface area contributed by atoms with E-state index in [1.165, 1.54) is 0 Å². The molecule has 0 unspecified atom stereocenters. The van der Waals surface area contributed by atoms with Crippen LogP contribution in [0.15, 0.2) is 30.3 Å². The molecule has 0 aromatic heterocycles. The van der Waals surface area contributed by atoms with Crippen molar-refractivity contribution in [3.8, 4) is 0 Å². The summed E-state index contributed by atoms with van der Waals surface area (Å²) in [6.45, 7) is 3.56. The maximum Gasteiger partial charge on any atom is 0.243 e. The van der Waals surface area contributed by atoms with E-state index in [2.05, 4.69) is 10.6 Å². The molecule has 5 nitrogen and oxygen atoms in total. The second-order valence-corrected chi connectivity index (χ2v) is 6.48. The van der Waals surface area contributed by atoms with Gasteiger partial charge in [-0.3, -0.25) is 9.59 Å². The Kier molecular flexibility index (Phi) is 6.63. The maximum atomic E-state index is 12.6. The lowest BCUT2D eigenvalue weighted by molar-refractivity contribution is -0.140. The molecule has 6 heteroatoms. The van der Waals surface area contributed by atoms with Crippen molar-refractivity contribution in [2.45, 2.75) is 50.7 Å². The Hall–Kier alpha value is -1.59. The third-order valence-corrected chi connectivity index (χ3v) is 4.86. The Morgan fingerprint density at radius 2 is 1.96 bits per heavy atom. The van der Waals surface area contributed by atoms with Crippen molar-refractivity contribution in [3.63, 3.8) is 0 Å². The number of amides is 2. The third-order valence-electron chi connectivity index (χ3n) is 4.86. The molecule has 0 spiro atoms. The fourth-order valence-electron chi connectivity index (χ4n) is 3.53. The molecular formula is C18H26ClN3O2. The van der Waals surface area contributed by atoms with Gasteiger partial charge < -0.3 is 15.5 Å². The molecule has 3 rings (SSSR count). The van der Waals surface area contributed by atoms with Gasteiger partial charge in [-0.25, -0.2) is 0 Å². The first-order valence-corrected chi connectivity index (χ1v) is 8.56. The van der Waals surface area contributed by atoms with E-state index in [4.69, 9.17) is 0 Å². The lowest BCUT2D eigenvalue weighted by atomic mass is 10.1. The number of nitrogens with one attached hydrogen (secondary N) is 2. The third kappa shape index (κ3) is 4.08. The van der Waals surface area contributed by atoms with Gasteiger partial charge in [-0.2, -0.15) is 0 Å². The molecule has 1 aromatic carbocycles. The van der Waals surface area contributed by atoms with Crippen LogP contribution in [0.25, 0.3) is 0 Å². The topological polar surface area (TPSA) is 61.4 Å². The number of carbonyl (C=O) groups excluding carboxylic acids is 2. The van der Waals surface area contributed by atoms with Gasteiger partial charge in [0, 0.05) is 6.54 Å². The van der Waals surface area contributed by atoms with Crippen LogP contribution in [0.4, 0.5) is 0 Å². The molecule has 0 bridgehead atoms. The summed E-state index contributed by atoms with van der Waals surface area (Å²) < 4.78 is 0. The van der Waals surface area contributed by atoms with Gasteiger partial charge in [-0.1, -0.05) is 30.3 Å². The highest BCUT2D eigenvalue weighted by Gasteiger charge is 2.38. The predicted molar refractivity (Wildman–Crippen MR) is 96.0 cm³/mol. The monoisotopic (exact) mass is 351 g/mol. The molecule has 0 radical (unpaired) electrons. The number of hydrogen-bond donors (Lipinski definition) is 2. The van der Waals surface area contributed by atoms with Gasteiger partial charge in [-0.15, -0.1) is 12.4 Å². The molecule has 1 aromatic rings. The minimum absolute atomic E-state index is 0. The van der Waals surface area contributed by atoms with Crippen molar-refractivity contribution in [1.82, 2.24) is 15.5 Å². The van der Waals surface area contributed by atoms with Gasteiger partial charge in [0.1, 0.15) is 6.04 Å². The quantitative estimate of drug-likeness (QED) is 0.872. The first-order chi connectivity index (χ1) is 11.2. The molecule has 0 saturated carbocycles. The van der Waals surface area contributed by atoms with Gasteiger partial charge in [0.05, 0.1) is 12.1 Å². The van der Waals surface area contributed by atoms with E-state index in [1.54, 1.807) is 4.90 Å². The zero-order valence-corrected chi connectivity index (χ0v) is 14.8. The first-order valence-electron chi connectivity index (χ1n) is 8.56. The zero-order valence-electron chi connectivity index (χ0n) is 14.0. The highest BCUT2D eigenvalue weighted by atomic mass is 35.5. The molecule has 0 aliphatic carbocycles. The SMILES string of the molecule is C[C@H](NC(=O)[C@@H]1CCCN1C(=O)[C@@H]1CCCN1)c1ccccc1.Cl. The number of rotatable bonds is 4. The van der Waals surface area contributed by atoms with Crippen LogP contribution in [0.1, 0.15) is 44.2 Å².